The first-order valence-electron chi connectivity index (χ1n) is 6.12. The van der Waals surface area contributed by atoms with Crippen LogP contribution in [-0.4, -0.2) is 34.7 Å². The van der Waals surface area contributed by atoms with E-state index in [0.717, 1.165) is 31.4 Å². The van der Waals surface area contributed by atoms with Crippen molar-refractivity contribution in [3.63, 3.8) is 0 Å². The summed E-state index contributed by atoms with van der Waals surface area (Å²) in [5.41, 5.74) is 1.12. The number of ether oxygens (including phenoxy) is 1. The molecule has 2 heterocycles. The van der Waals surface area contributed by atoms with Crippen LogP contribution in [0.5, 0.6) is 0 Å². The maximum atomic E-state index is 11.8. The van der Waals surface area contributed by atoms with Crippen molar-refractivity contribution in [2.45, 2.75) is 31.8 Å². The number of nitrogens with zero attached hydrogens (tertiary/aromatic N) is 2. The summed E-state index contributed by atoms with van der Waals surface area (Å²) in [4.78, 5) is 15.8. The molecule has 0 radical (unpaired) electrons. The van der Waals surface area contributed by atoms with Crippen LogP contribution in [0.25, 0.3) is 0 Å². The van der Waals surface area contributed by atoms with E-state index in [4.69, 9.17) is 4.74 Å². The number of aryl methyl sites for hydroxylation is 1. The first-order chi connectivity index (χ1) is 8.27. The predicted octanol–water partition coefficient (Wildman–Crippen LogP) is 0.648. The van der Waals surface area contributed by atoms with Crippen LogP contribution >= 0.6 is 0 Å². The lowest BCUT2D eigenvalue weighted by atomic mass is 10.1. The van der Waals surface area contributed by atoms with Gasteiger partial charge < -0.3 is 14.6 Å². The molecule has 2 rings (SSSR count). The van der Waals surface area contributed by atoms with E-state index < -0.39 is 0 Å². The van der Waals surface area contributed by atoms with Gasteiger partial charge >= 0.3 is 0 Å². The zero-order valence-electron chi connectivity index (χ0n) is 10.2. The van der Waals surface area contributed by atoms with Crippen LogP contribution in [0.2, 0.25) is 0 Å². The number of carbonyl (C=O) groups excluding carboxylic acids is 1. The van der Waals surface area contributed by atoms with Gasteiger partial charge in [-0.1, -0.05) is 0 Å². The highest BCUT2D eigenvalue weighted by Crippen LogP contribution is 2.12. The molecule has 0 aromatic carbocycles. The Morgan fingerprint density at radius 1 is 1.65 bits per heavy atom. The molecule has 5 heteroatoms. The van der Waals surface area contributed by atoms with Gasteiger partial charge in [0.15, 0.2) is 0 Å². The fourth-order valence-corrected chi connectivity index (χ4v) is 2.00. The molecule has 1 atom stereocenters. The van der Waals surface area contributed by atoms with Crippen LogP contribution < -0.4 is 5.32 Å². The maximum absolute atomic E-state index is 11.8. The standard InChI is InChI=1S/C12H19N3O2/c1-15-9-13-8-10(15)5-6-14-12(16)11-4-2-3-7-17-11/h8-9,11H,2-7H2,1H3,(H,14,16). The van der Waals surface area contributed by atoms with Gasteiger partial charge in [-0.25, -0.2) is 4.98 Å². The molecule has 1 aromatic rings. The zero-order chi connectivity index (χ0) is 12.1. The first kappa shape index (κ1) is 12.1. The molecule has 1 aliphatic rings. The smallest absolute Gasteiger partial charge is 0.249 e. The number of amides is 1. The van der Waals surface area contributed by atoms with Crippen LogP contribution in [0.4, 0.5) is 0 Å². The maximum Gasteiger partial charge on any atom is 0.249 e. The minimum atomic E-state index is -0.240. The van der Waals surface area contributed by atoms with Gasteiger partial charge in [0, 0.05) is 38.5 Å². The van der Waals surface area contributed by atoms with Crippen molar-refractivity contribution >= 4 is 5.91 Å². The Kier molecular flexibility index (Phi) is 4.14. The third kappa shape index (κ3) is 3.30. The van der Waals surface area contributed by atoms with Crippen LogP contribution in [0.3, 0.4) is 0 Å². The second kappa shape index (κ2) is 5.82. The lowest BCUT2D eigenvalue weighted by Gasteiger charge is -2.21. The highest BCUT2D eigenvalue weighted by molar-refractivity contribution is 5.80. The number of imidazole rings is 1. The Labute approximate surface area is 101 Å². The molecule has 1 unspecified atom stereocenters. The third-order valence-electron chi connectivity index (χ3n) is 3.07. The molecule has 0 spiro atoms. The molecular weight excluding hydrogens is 218 g/mol. The third-order valence-corrected chi connectivity index (χ3v) is 3.07. The number of nitrogens with one attached hydrogen (secondary N) is 1. The topological polar surface area (TPSA) is 56.2 Å². The number of aromatic nitrogens is 2. The Morgan fingerprint density at radius 2 is 2.53 bits per heavy atom. The molecule has 94 valence electrons. The average Bonchev–Trinajstić information content (AvgIpc) is 2.76. The number of hydrogen-bond donors (Lipinski definition) is 1. The van der Waals surface area contributed by atoms with Gasteiger partial charge in [-0.15, -0.1) is 0 Å². The minimum absolute atomic E-state index is 0.0202. The molecule has 1 aromatic heterocycles. The highest BCUT2D eigenvalue weighted by atomic mass is 16.5. The van der Waals surface area contributed by atoms with Crippen molar-refractivity contribution in [3.8, 4) is 0 Å². The number of carbonyl (C=O) groups is 1. The van der Waals surface area contributed by atoms with E-state index in [1.807, 2.05) is 17.8 Å². The van der Waals surface area contributed by atoms with Crippen molar-refractivity contribution in [2.75, 3.05) is 13.2 Å². The van der Waals surface area contributed by atoms with E-state index >= 15 is 0 Å². The molecule has 1 N–H and O–H groups in total. The number of hydrogen-bond acceptors (Lipinski definition) is 3. The van der Waals surface area contributed by atoms with Gasteiger partial charge in [-0.2, -0.15) is 0 Å². The van der Waals surface area contributed by atoms with Gasteiger partial charge in [0.2, 0.25) is 5.91 Å². The van der Waals surface area contributed by atoms with Gasteiger partial charge in [0.05, 0.1) is 6.33 Å². The van der Waals surface area contributed by atoms with Gasteiger partial charge in [-0.05, 0) is 19.3 Å². The fraction of sp³-hybridized carbons (Fsp3) is 0.667. The molecule has 17 heavy (non-hydrogen) atoms. The average molecular weight is 237 g/mol. The molecule has 1 aliphatic heterocycles. The lowest BCUT2D eigenvalue weighted by Crippen LogP contribution is -2.39. The molecular formula is C12H19N3O2. The fourth-order valence-electron chi connectivity index (χ4n) is 2.00. The Morgan fingerprint density at radius 3 is 3.18 bits per heavy atom. The Hall–Kier alpha value is -1.36. The quantitative estimate of drug-likeness (QED) is 0.836. The van der Waals surface area contributed by atoms with E-state index in [1.165, 1.54) is 0 Å². The second-order valence-electron chi connectivity index (χ2n) is 4.39. The predicted molar refractivity (Wildman–Crippen MR) is 63.5 cm³/mol. The summed E-state index contributed by atoms with van der Waals surface area (Å²) < 4.78 is 7.38. The van der Waals surface area contributed by atoms with Gasteiger partial charge in [0.25, 0.3) is 0 Å². The van der Waals surface area contributed by atoms with Gasteiger partial charge in [-0.3, -0.25) is 4.79 Å². The molecule has 1 amide bonds. The van der Waals surface area contributed by atoms with E-state index in [2.05, 4.69) is 10.3 Å². The van der Waals surface area contributed by atoms with Crippen molar-refractivity contribution in [1.82, 2.24) is 14.9 Å². The van der Waals surface area contributed by atoms with Crippen LogP contribution in [0.15, 0.2) is 12.5 Å². The van der Waals surface area contributed by atoms with Crippen molar-refractivity contribution < 1.29 is 9.53 Å². The summed E-state index contributed by atoms with van der Waals surface area (Å²) in [6.07, 6.45) is 7.14. The van der Waals surface area contributed by atoms with Crippen molar-refractivity contribution in [3.05, 3.63) is 18.2 Å². The van der Waals surface area contributed by atoms with E-state index in [9.17, 15) is 4.79 Å². The first-order valence-corrected chi connectivity index (χ1v) is 6.12. The number of rotatable bonds is 4. The lowest BCUT2D eigenvalue weighted by molar-refractivity contribution is -0.135. The largest absolute Gasteiger partial charge is 0.368 e. The Balaban J connectivity index is 1.71. The molecule has 5 nitrogen and oxygen atoms in total. The molecule has 1 fully saturated rings. The highest BCUT2D eigenvalue weighted by Gasteiger charge is 2.21. The summed E-state index contributed by atoms with van der Waals surface area (Å²) >= 11 is 0. The molecule has 0 saturated carbocycles. The van der Waals surface area contributed by atoms with E-state index in [1.54, 1.807) is 6.33 Å². The summed E-state index contributed by atoms with van der Waals surface area (Å²) in [7, 11) is 1.95. The summed E-state index contributed by atoms with van der Waals surface area (Å²) in [6, 6.07) is 0. The molecule has 0 aliphatic carbocycles. The normalized spacial score (nSPS) is 20.2. The molecule has 0 bridgehead atoms. The van der Waals surface area contributed by atoms with Crippen LogP contribution in [-0.2, 0) is 23.0 Å². The van der Waals surface area contributed by atoms with Crippen molar-refractivity contribution in [1.29, 1.82) is 0 Å². The van der Waals surface area contributed by atoms with Gasteiger partial charge in [0.1, 0.15) is 6.10 Å². The molecule has 1 saturated heterocycles. The minimum Gasteiger partial charge on any atom is -0.368 e. The van der Waals surface area contributed by atoms with Crippen LogP contribution in [0.1, 0.15) is 25.0 Å². The summed E-state index contributed by atoms with van der Waals surface area (Å²) in [6.45, 7) is 1.35. The van der Waals surface area contributed by atoms with Crippen LogP contribution in [0, 0.1) is 0 Å². The monoisotopic (exact) mass is 237 g/mol. The van der Waals surface area contributed by atoms with Crippen molar-refractivity contribution in [2.24, 2.45) is 7.05 Å². The van der Waals surface area contributed by atoms with E-state index in [0.29, 0.717) is 13.2 Å². The second-order valence-corrected chi connectivity index (χ2v) is 4.39. The summed E-state index contributed by atoms with van der Waals surface area (Å²) in [5.74, 6) is 0.0202. The Bertz CT molecular complexity index is 370. The summed E-state index contributed by atoms with van der Waals surface area (Å²) in [5, 5.41) is 2.91. The SMILES string of the molecule is Cn1cncc1CCNC(=O)C1CCCCO1. The zero-order valence-corrected chi connectivity index (χ0v) is 10.2. The van der Waals surface area contributed by atoms with E-state index in [-0.39, 0.29) is 12.0 Å².